The highest BCUT2D eigenvalue weighted by atomic mass is 79.9. The molecule has 0 saturated carbocycles. The van der Waals surface area contributed by atoms with Crippen LogP contribution in [0.3, 0.4) is 0 Å². The van der Waals surface area contributed by atoms with E-state index in [1.165, 1.54) is 6.07 Å². The second-order valence-electron chi connectivity index (χ2n) is 3.77. The number of nitrogens with one attached hydrogen (secondary N) is 1. The van der Waals surface area contributed by atoms with E-state index in [0.717, 1.165) is 14.9 Å². The third kappa shape index (κ3) is 2.92. The Hall–Kier alpha value is -0.460. The maximum atomic E-state index is 13.4. The number of hydrogen-bond acceptors (Lipinski definition) is 3. The van der Waals surface area contributed by atoms with Crippen LogP contribution < -0.4 is 11.3 Å². The molecule has 0 radical (unpaired) electrons. The van der Waals surface area contributed by atoms with E-state index < -0.39 is 5.82 Å². The van der Waals surface area contributed by atoms with Crippen LogP contribution in [0.25, 0.3) is 0 Å². The minimum atomic E-state index is -0.407. The first-order valence-electron chi connectivity index (χ1n) is 5.25. The molecule has 1 atom stereocenters. The summed E-state index contributed by atoms with van der Waals surface area (Å²) in [4.78, 5) is 1.07. The van der Waals surface area contributed by atoms with E-state index in [4.69, 9.17) is 17.4 Å². The molecule has 0 aliphatic rings. The summed E-state index contributed by atoms with van der Waals surface area (Å²) in [7, 11) is 0. The Morgan fingerprint density at radius 1 is 1.44 bits per heavy atom. The molecule has 0 aliphatic carbocycles. The third-order valence-corrected chi connectivity index (χ3v) is 5.03. The molecule has 6 heteroatoms. The van der Waals surface area contributed by atoms with Gasteiger partial charge < -0.3 is 0 Å². The SMILES string of the molecule is NNC(Cc1cccc(F)c1Cl)c1sccc1Br. The summed E-state index contributed by atoms with van der Waals surface area (Å²) in [6.45, 7) is 0. The Morgan fingerprint density at radius 3 is 2.83 bits per heavy atom. The molecule has 0 fully saturated rings. The van der Waals surface area contributed by atoms with Crippen LogP contribution in [0.5, 0.6) is 0 Å². The van der Waals surface area contributed by atoms with Crippen molar-refractivity contribution in [1.29, 1.82) is 0 Å². The van der Waals surface area contributed by atoms with Gasteiger partial charge in [0, 0.05) is 9.35 Å². The number of nitrogens with two attached hydrogens (primary N) is 1. The van der Waals surface area contributed by atoms with Crippen molar-refractivity contribution in [3.05, 3.63) is 55.4 Å². The summed E-state index contributed by atoms with van der Waals surface area (Å²) in [5, 5.41) is 2.13. The summed E-state index contributed by atoms with van der Waals surface area (Å²) in [5.41, 5.74) is 3.48. The van der Waals surface area contributed by atoms with Crippen LogP contribution in [-0.4, -0.2) is 0 Å². The predicted octanol–water partition coefficient (Wildman–Crippen LogP) is 4.05. The lowest BCUT2D eigenvalue weighted by atomic mass is 10.0. The normalized spacial score (nSPS) is 12.7. The highest BCUT2D eigenvalue weighted by Gasteiger charge is 2.17. The molecule has 0 bridgehead atoms. The van der Waals surface area contributed by atoms with E-state index in [1.807, 2.05) is 11.4 Å². The van der Waals surface area contributed by atoms with Crippen molar-refractivity contribution in [1.82, 2.24) is 5.43 Å². The summed E-state index contributed by atoms with van der Waals surface area (Å²) >= 11 is 11.0. The number of halogens is 3. The highest BCUT2D eigenvalue weighted by Crippen LogP contribution is 2.32. The van der Waals surface area contributed by atoms with Gasteiger partial charge >= 0.3 is 0 Å². The first kappa shape index (κ1) is 14.0. The van der Waals surface area contributed by atoms with E-state index in [0.29, 0.717) is 6.42 Å². The molecule has 1 aromatic heterocycles. The van der Waals surface area contributed by atoms with Crippen molar-refractivity contribution >= 4 is 38.9 Å². The van der Waals surface area contributed by atoms with Gasteiger partial charge in [-0.15, -0.1) is 11.3 Å². The molecule has 2 rings (SSSR count). The van der Waals surface area contributed by atoms with Gasteiger partial charge in [-0.05, 0) is 45.4 Å². The van der Waals surface area contributed by atoms with Crippen molar-refractivity contribution in [3.8, 4) is 0 Å². The standard InChI is InChI=1S/C12H11BrClFN2S/c13-8-4-5-18-12(8)10(17-16)6-7-2-1-3-9(15)11(7)14/h1-5,10,17H,6,16H2. The maximum absolute atomic E-state index is 13.4. The van der Waals surface area contributed by atoms with Crippen LogP contribution in [0, 0.1) is 5.82 Å². The van der Waals surface area contributed by atoms with Crippen LogP contribution >= 0.6 is 38.9 Å². The molecule has 0 spiro atoms. The van der Waals surface area contributed by atoms with Gasteiger partial charge in [0.2, 0.25) is 0 Å². The largest absolute Gasteiger partial charge is 0.271 e. The molecular formula is C12H11BrClFN2S. The van der Waals surface area contributed by atoms with Crippen molar-refractivity contribution in [2.75, 3.05) is 0 Å². The quantitative estimate of drug-likeness (QED) is 0.645. The third-order valence-electron chi connectivity index (χ3n) is 2.62. The van der Waals surface area contributed by atoms with Gasteiger partial charge in [-0.1, -0.05) is 23.7 Å². The van der Waals surface area contributed by atoms with Gasteiger partial charge in [0.1, 0.15) is 5.82 Å². The van der Waals surface area contributed by atoms with E-state index in [1.54, 1.807) is 23.5 Å². The first-order chi connectivity index (χ1) is 8.63. The second kappa shape index (κ2) is 6.12. The van der Waals surface area contributed by atoms with Gasteiger partial charge in [0.05, 0.1) is 11.1 Å². The van der Waals surface area contributed by atoms with Gasteiger partial charge in [-0.25, -0.2) is 4.39 Å². The van der Waals surface area contributed by atoms with E-state index in [-0.39, 0.29) is 11.1 Å². The topological polar surface area (TPSA) is 38.0 Å². The van der Waals surface area contributed by atoms with Gasteiger partial charge in [-0.2, -0.15) is 0 Å². The minimum Gasteiger partial charge on any atom is -0.271 e. The van der Waals surface area contributed by atoms with Crippen LogP contribution in [-0.2, 0) is 6.42 Å². The maximum Gasteiger partial charge on any atom is 0.142 e. The summed E-state index contributed by atoms with van der Waals surface area (Å²) in [6, 6.07) is 6.65. The molecule has 2 aromatic rings. The van der Waals surface area contributed by atoms with Crippen LogP contribution in [0.1, 0.15) is 16.5 Å². The lowest BCUT2D eigenvalue weighted by Crippen LogP contribution is -2.29. The van der Waals surface area contributed by atoms with Crippen LogP contribution in [0.2, 0.25) is 5.02 Å². The number of benzene rings is 1. The first-order valence-corrected chi connectivity index (χ1v) is 7.30. The van der Waals surface area contributed by atoms with E-state index in [2.05, 4.69) is 21.4 Å². The highest BCUT2D eigenvalue weighted by molar-refractivity contribution is 9.10. The molecule has 1 aromatic carbocycles. The van der Waals surface area contributed by atoms with Gasteiger partial charge in [-0.3, -0.25) is 11.3 Å². The Morgan fingerprint density at radius 2 is 2.22 bits per heavy atom. The minimum absolute atomic E-state index is 0.0984. The fourth-order valence-corrected chi connectivity index (χ4v) is 3.62. The Balaban J connectivity index is 2.26. The van der Waals surface area contributed by atoms with Crippen LogP contribution in [0.4, 0.5) is 4.39 Å². The van der Waals surface area contributed by atoms with Gasteiger partial charge in [0.25, 0.3) is 0 Å². The molecule has 0 aliphatic heterocycles. The molecule has 0 amide bonds. The smallest absolute Gasteiger partial charge is 0.142 e. The number of hydrogen-bond donors (Lipinski definition) is 2. The van der Waals surface area contributed by atoms with E-state index in [9.17, 15) is 4.39 Å². The van der Waals surface area contributed by atoms with Crippen LogP contribution in [0.15, 0.2) is 34.1 Å². The molecule has 1 unspecified atom stereocenters. The van der Waals surface area contributed by atoms with Crippen molar-refractivity contribution < 1.29 is 4.39 Å². The Kier molecular flexibility index (Phi) is 4.75. The predicted molar refractivity (Wildman–Crippen MR) is 77.2 cm³/mol. The van der Waals surface area contributed by atoms with E-state index >= 15 is 0 Å². The summed E-state index contributed by atoms with van der Waals surface area (Å²) in [6.07, 6.45) is 0.534. The monoisotopic (exact) mass is 348 g/mol. The lowest BCUT2D eigenvalue weighted by molar-refractivity contribution is 0.555. The summed E-state index contributed by atoms with van der Waals surface area (Å²) < 4.78 is 14.4. The molecular weight excluding hydrogens is 339 g/mol. The molecule has 3 N–H and O–H groups in total. The second-order valence-corrected chi connectivity index (χ2v) is 5.95. The Bertz CT molecular complexity index is 547. The zero-order chi connectivity index (χ0) is 13.1. The molecule has 18 heavy (non-hydrogen) atoms. The number of thiophene rings is 1. The van der Waals surface area contributed by atoms with Crippen molar-refractivity contribution in [3.63, 3.8) is 0 Å². The fraction of sp³-hybridized carbons (Fsp3) is 0.167. The average molecular weight is 350 g/mol. The summed E-state index contributed by atoms with van der Waals surface area (Å²) in [5.74, 6) is 5.16. The lowest BCUT2D eigenvalue weighted by Gasteiger charge is -2.16. The number of rotatable bonds is 4. The molecule has 96 valence electrons. The molecule has 2 nitrogen and oxygen atoms in total. The average Bonchev–Trinajstić information content (AvgIpc) is 2.77. The van der Waals surface area contributed by atoms with Gasteiger partial charge in [0.15, 0.2) is 0 Å². The zero-order valence-corrected chi connectivity index (χ0v) is 12.4. The van der Waals surface area contributed by atoms with Crippen molar-refractivity contribution in [2.45, 2.75) is 12.5 Å². The number of hydrazine groups is 1. The fourth-order valence-electron chi connectivity index (χ4n) is 1.71. The molecule has 0 saturated heterocycles. The molecule has 1 heterocycles. The van der Waals surface area contributed by atoms with Crippen molar-refractivity contribution in [2.24, 2.45) is 5.84 Å². The zero-order valence-electron chi connectivity index (χ0n) is 9.29. The Labute approximate surface area is 122 Å².